The molecule has 0 fully saturated rings. The van der Waals surface area contributed by atoms with Gasteiger partial charge >= 0.3 is 6.18 Å². The van der Waals surface area contributed by atoms with E-state index in [9.17, 15) is 21.6 Å². The van der Waals surface area contributed by atoms with E-state index < -0.39 is 21.9 Å². The molecule has 26 heavy (non-hydrogen) atoms. The van der Waals surface area contributed by atoms with Gasteiger partial charge in [0.25, 0.3) is 10.1 Å². The molecule has 0 spiro atoms. The third-order valence-electron chi connectivity index (χ3n) is 3.19. The first kappa shape index (κ1) is 18.1. The van der Waals surface area contributed by atoms with Crippen LogP contribution in [0.1, 0.15) is 11.4 Å². The molecule has 3 rings (SSSR count). The van der Waals surface area contributed by atoms with Crippen molar-refractivity contribution < 1.29 is 25.8 Å². The van der Waals surface area contributed by atoms with Crippen molar-refractivity contribution in [1.82, 2.24) is 19.6 Å². The Kier molecular flexibility index (Phi) is 4.54. The molecular weight excluding hydrogens is 375 g/mol. The van der Waals surface area contributed by atoms with Crippen molar-refractivity contribution in [3.05, 3.63) is 47.9 Å². The summed E-state index contributed by atoms with van der Waals surface area (Å²) in [6.45, 7) is -0.334. The molecule has 0 aliphatic carbocycles. The van der Waals surface area contributed by atoms with Gasteiger partial charge in [0.05, 0.1) is 11.8 Å². The van der Waals surface area contributed by atoms with Crippen LogP contribution in [0.15, 0.2) is 36.5 Å². The van der Waals surface area contributed by atoms with Gasteiger partial charge in [0, 0.05) is 18.0 Å². The summed E-state index contributed by atoms with van der Waals surface area (Å²) in [6, 6.07) is 5.91. The second-order valence-corrected chi connectivity index (χ2v) is 6.88. The second-order valence-electron chi connectivity index (χ2n) is 5.23. The van der Waals surface area contributed by atoms with Crippen molar-refractivity contribution in [1.29, 1.82) is 0 Å². The molecule has 8 nitrogen and oxygen atoms in total. The van der Waals surface area contributed by atoms with E-state index in [1.807, 2.05) is 0 Å². The fourth-order valence-corrected chi connectivity index (χ4v) is 2.37. The van der Waals surface area contributed by atoms with Gasteiger partial charge in [-0.2, -0.15) is 31.1 Å². The number of nitrogens with one attached hydrogen (secondary N) is 1. The van der Waals surface area contributed by atoms with Gasteiger partial charge in [-0.05, 0) is 24.3 Å². The highest BCUT2D eigenvalue weighted by molar-refractivity contribution is 7.85. The van der Waals surface area contributed by atoms with Gasteiger partial charge in [-0.25, -0.2) is 4.98 Å². The summed E-state index contributed by atoms with van der Waals surface area (Å²) in [5.74, 6) is 0.305. The van der Waals surface area contributed by atoms with Gasteiger partial charge in [-0.3, -0.25) is 4.18 Å². The lowest BCUT2D eigenvalue weighted by molar-refractivity contribution is -0.137. The monoisotopic (exact) mass is 387 g/mol. The quantitative estimate of drug-likeness (QED) is 0.671. The molecule has 0 saturated heterocycles. The summed E-state index contributed by atoms with van der Waals surface area (Å²) in [7, 11) is -3.66. The second kappa shape index (κ2) is 6.53. The lowest BCUT2D eigenvalue weighted by atomic mass is 10.2. The van der Waals surface area contributed by atoms with E-state index in [1.54, 1.807) is 0 Å². The largest absolute Gasteiger partial charge is 0.416 e. The molecule has 1 aromatic carbocycles. The molecule has 12 heteroatoms. The van der Waals surface area contributed by atoms with Crippen molar-refractivity contribution in [2.24, 2.45) is 0 Å². The number of halogens is 3. The SMILES string of the molecule is CS(=O)(=O)OCc1nccc2nc(Nc3ccc(C(F)(F)F)cc3)nn12. The lowest BCUT2D eigenvalue weighted by Crippen LogP contribution is -2.08. The van der Waals surface area contributed by atoms with E-state index in [0.29, 0.717) is 11.3 Å². The summed E-state index contributed by atoms with van der Waals surface area (Å²) in [5.41, 5.74) is -0.0484. The van der Waals surface area contributed by atoms with Crippen molar-refractivity contribution in [2.45, 2.75) is 12.8 Å². The van der Waals surface area contributed by atoms with Crippen LogP contribution in [0, 0.1) is 0 Å². The molecule has 1 N–H and O–H groups in total. The Bertz CT molecular complexity index is 1030. The van der Waals surface area contributed by atoms with Gasteiger partial charge in [-0.1, -0.05) is 0 Å². The van der Waals surface area contributed by atoms with E-state index in [1.165, 1.54) is 28.9 Å². The molecule has 2 aromatic heterocycles. The minimum atomic E-state index is -4.42. The highest BCUT2D eigenvalue weighted by atomic mass is 32.2. The van der Waals surface area contributed by atoms with E-state index in [2.05, 4.69) is 20.4 Å². The minimum absolute atomic E-state index is 0.110. The van der Waals surface area contributed by atoms with Gasteiger partial charge in [0.15, 0.2) is 11.5 Å². The average molecular weight is 387 g/mol. The fraction of sp³-hybridized carbons (Fsp3) is 0.214. The Labute approximate surface area is 145 Å². The Morgan fingerprint density at radius 2 is 1.88 bits per heavy atom. The van der Waals surface area contributed by atoms with Crippen LogP contribution in [0.2, 0.25) is 0 Å². The van der Waals surface area contributed by atoms with E-state index >= 15 is 0 Å². The maximum absolute atomic E-state index is 12.6. The topological polar surface area (TPSA) is 98.5 Å². The van der Waals surface area contributed by atoms with Crippen LogP contribution >= 0.6 is 0 Å². The molecule has 0 amide bonds. The van der Waals surface area contributed by atoms with Gasteiger partial charge < -0.3 is 5.32 Å². The Balaban J connectivity index is 1.83. The number of hydrogen-bond donors (Lipinski definition) is 1. The Hall–Kier alpha value is -2.73. The maximum atomic E-state index is 12.6. The molecule has 3 aromatic rings. The fourth-order valence-electron chi connectivity index (χ4n) is 2.05. The molecule has 2 heterocycles. The zero-order valence-corrected chi connectivity index (χ0v) is 14.0. The highest BCUT2D eigenvalue weighted by Gasteiger charge is 2.29. The van der Waals surface area contributed by atoms with Gasteiger partial charge in [0.2, 0.25) is 5.95 Å². The van der Waals surface area contributed by atoms with Crippen molar-refractivity contribution >= 4 is 27.4 Å². The van der Waals surface area contributed by atoms with Crippen LogP contribution in [-0.2, 0) is 27.1 Å². The molecule has 0 radical (unpaired) electrons. The average Bonchev–Trinajstić information content (AvgIpc) is 2.94. The summed E-state index contributed by atoms with van der Waals surface area (Å²) in [6.07, 6.45) is -2.10. The van der Waals surface area contributed by atoms with Crippen molar-refractivity contribution in [3.8, 4) is 0 Å². The number of hydrogen-bond acceptors (Lipinski definition) is 7. The Morgan fingerprint density at radius 1 is 1.19 bits per heavy atom. The number of alkyl halides is 3. The molecule has 138 valence electrons. The number of nitrogens with zero attached hydrogens (tertiary/aromatic N) is 4. The first-order valence-corrected chi connectivity index (χ1v) is 8.93. The molecule has 0 bridgehead atoms. The van der Waals surface area contributed by atoms with Crippen LogP contribution in [0.3, 0.4) is 0 Å². The van der Waals surface area contributed by atoms with Gasteiger partial charge in [0.1, 0.15) is 6.61 Å². The first-order chi connectivity index (χ1) is 12.1. The van der Waals surface area contributed by atoms with E-state index in [4.69, 9.17) is 4.18 Å². The summed E-state index contributed by atoms with van der Waals surface area (Å²) in [4.78, 5) is 8.14. The smallest absolute Gasteiger partial charge is 0.323 e. The van der Waals surface area contributed by atoms with Crippen molar-refractivity contribution in [3.63, 3.8) is 0 Å². The zero-order valence-electron chi connectivity index (χ0n) is 13.2. The Morgan fingerprint density at radius 3 is 2.50 bits per heavy atom. The first-order valence-electron chi connectivity index (χ1n) is 7.11. The summed E-state index contributed by atoms with van der Waals surface area (Å²) in [5, 5.41) is 6.89. The number of benzene rings is 1. The zero-order chi connectivity index (χ0) is 18.9. The van der Waals surface area contributed by atoms with Gasteiger partial charge in [-0.15, -0.1) is 5.10 Å². The summed E-state index contributed by atoms with van der Waals surface area (Å²) >= 11 is 0. The number of rotatable bonds is 5. The molecule has 0 saturated carbocycles. The number of anilines is 2. The van der Waals surface area contributed by atoms with E-state index in [-0.39, 0.29) is 18.4 Å². The molecular formula is C14H12F3N5O3S. The predicted octanol–water partition coefficient (Wildman–Crippen LogP) is 2.36. The molecule has 0 atom stereocenters. The predicted molar refractivity (Wildman–Crippen MR) is 85.1 cm³/mol. The lowest BCUT2D eigenvalue weighted by Gasteiger charge is -2.07. The molecule has 0 aliphatic heterocycles. The maximum Gasteiger partial charge on any atom is 0.416 e. The van der Waals surface area contributed by atoms with Crippen LogP contribution < -0.4 is 5.32 Å². The van der Waals surface area contributed by atoms with E-state index in [0.717, 1.165) is 18.4 Å². The normalized spacial score (nSPS) is 12.5. The van der Waals surface area contributed by atoms with Crippen LogP contribution in [0.5, 0.6) is 0 Å². The van der Waals surface area contributed by atoms with Crippen LogP contribution in [0.25, 0.3) is 5.65 Å². The molecule has 0 unspecified atom stereocenters. The minimum Gasteiger partial charge on any atom is -0.323 e. The number of aromatic nitrogens is 4. The standard InChI is InChI=1S/C14H12F3N5O3S/c1-26(23,24)25-8-12-18-7-6-11-20-13(21-22(11)12)19-10-4-2-9(3-5-10)14(15,16)17/h2-7H,8H2,1H3,(H,19,21). The third kappa shape index (κ3) is 4.26. The summed E-state index contributed by atoms with van der Waals surface area (Å²) < 4.78 is 65.9. The third-order valence-corrected chi connectivity index (χ3v) is 3.74. The molecule has 0 aliphatic rings. The van der Waals surface area contributed by atoms with Crippen molar-refractivity contribution in [2.75, 3.05) is 11.6 Å². The highest BCUT2D eigenvalue weighted by Crippen LogP contribution is 2.30. The number of fused-ring (bicyclic) bond motifs is 1. The van der Waals surface area contributed by atoms with Crippen LogP contribution in [-0.4, -0.2) is 34.3 Å². The van der Waals surface area contributed by atoms with Crippen LogP contribution in [0.4, 0.5) is 24.8 Å².